The molecule has 3 nitrogen and oxygen atoms in total. The van der Waals surface area contributed by atoms with Crippen LogP contribution in [0.1, 0.15) is 13.8 Å². The molecule has 0 saturated heterocycles. The first-order chi connectivity index (χ1) is 7.85. The van der Waals surface area contributed by atoms with Crippen LogP contribution in [0, 0.1) is 0 Å². The first-order valence-corrected chi connectivity index (χ1v) is 6.35. The molecule has 0 aliphatic heterocycles. The molecular weight excluding hydrogens is 218 g/mol. The molecule has 0 amide bonds. The minimum absolute atomic E-state index is 0.950. The summed E-state index contributed by atoms with van der Waals surface area (Å²) in [7, 11) is 0. The maximum Gasteiger partial charge on any atom is 0.144 e. The van der Waals surface area contributed by atoms with Gasteiger partial charge in [-0.3, -0.25) is 4.98 Å². The van der Waals surface area contributed by atoms with E-state index in [-0.39, 0.29) is 0 Å². The minimum Gasteiger partial charge on any atom is -0.356 e. The highest BCUT2D eigenvalue weighted by Gasteiger charge is 2.08. The lowest BCUT2D eigenvalue weighted by atomic mass is 10.4. The van der Waals surface area contributed by atoms with Crippen LogP contribution in [0.25, 0.3) is 10.7 Å². The van der Waals surface area contributed by atoms with Crippen molar-refractivity contribution in [3.8, 4) is 10.7 Å². The molecule has 2 rings (SSSR count). The molecule has 0 aromatic carbocycles. The van der Waals surface area contributed by atoms with Crippen molar-refractivity contribution in [2.24, 2.45) is 0 Å². The van der Waals surface area contributed by atoms with E-state index in [0.29, 0.717) is 0 Å². The summed E-state index contributed by atoms with van der Waals surface area (Å²) in [6, 6.07) is 5.90. The summed E-state index contributed by atoms with van der Waals surface area (Å²) in [4.78, 5) is 11.1. The third kappa shape index (κ3) is 2.22. The van der Waals surface area contributed by atoms with Gasteiger partial charge in [0.25, 0.3) is 0 Å². The van der Waals surface area contributed by atoms with Crippen molar-refractivity contribution in [3.05, 3.63) is 29.8 Å². The van der Waals surface area contributed by atoms with Gasteiger partial charge in [0, 0.05) is 24.7 Å². The fraction of sp³-hybridized carbons (Fsp3) is 0.333. The van der Waals surface area contributed by atoms with E-state index < -0.39 is 0 Å². The fourth-order valence-electron chi connectivity index (χ4n) is 1.57. The van der Waals surface area contributed by atoms with Crippen LogP contribution >= 0.6 is 11.3 Å². The second-order valence-electron chi connectivity index (χ2n) is 3.40. The molecule has 16 heavy (non-hydrogen) atoms. The summed E-state index contributed by atoms with van der Waals surface area (Å²) < 4.78 is 0. The van der Waals surface area contributed by atoms with Gasteiger partial charge in [-0.25, -0.2) is 4.98 Å². The van der Waals surface area contributed by atoms with Crippen molar-refractivity contribution in [1.29, 1.82) is 0 Å². The van der Waals surface area contributed by atoms with E-state index in [9.17, 15) is 0 Å². The Morgan fingerprint density at radius 1 is 1.25 bits per heavy atom. The van der Waals surface area contributed by atoms with Gasteiger partial charge in [-0.1, -0.05) is 6.07 Å². The molecule has 0 atom stereocenters. The van der Waals surface area contributed by atoms with Crippen molar-refractivity contribution in [2.45, 2.75) is 13.8 Å². The molecule has 0 aliphatic carbocycles. The Bertz CT molecular complexity index is 435. The molecule has 4 heteroatoms. The molecule has 2 aromatic heterocycles. The lowest BCUT2D eigenvalue weighted by Gasteiger charge is -2.16. The largest absolute Gasteiger partial charge is 0.356 e. The van der Waals surface area contributed by atoms with Crippen molar-refractivity contribution < 1.29 is 0 Å². The van der Waals surface area contributed by atoms with Crippen LogP contribution in [0.15, 0.2) is 29.8 Å². The molecular formula is C12H15N3S. The van der Waals surface area contributed by atoms with Crippen molar-refractivity contribution in [3.63, 3.8) is 0 Å². The van der Waals surface area contributed by atoms with Crippen molar-refractivity contribution >= 4 is 17.2 Å². The van der Waals surface area contributed by atoms with E-state index in [1.165, 1.54) is 0 Å². The molecule has 0 bridgehead atoms. The highest BCUT2D eigenvalue weighted by atomic mass is 32.1. The van der Waals surface area contributed by atoms with Gasteiger partial charge >= 0.3 is 0 Å². The zero-order valence-corrected chi connectivity index (χ0v) is 10.4. The SMILES string of the molecule is CCN(CC)c1csc(-c2ccccn2)n1. The number of hydrogen-bond acceptors (Lipinski definition) is 4. The molecule has 0 aliphatic rings. The van der Waals surface area contributed by atoms with Crippen LogP contribution in [-0.2, 0) is 0 Å². The molecule has 0 fully saturated rings. The summed E-state index contributed by atoms with van der Waals surface area (Å²) in [6.45, 7) is 6.26. The normalized spacial score (nSPS) is 10.4. The molecule has 0 N–H and O–H groups in total. The Hall–Kier alpha value is -1.42. The molecule has 0 unspecified atom stereocenters. The maximum absolute atomic E-state index is 4.60. The van der Waals surface area contributed by atoms with Crippen LogP contribution in [0.2, 0.25) is 0 Å². The summed E-state index contributed by atoms with van der Waals surface area (Å²) in [6.07, 6.45) is 1.80. The fourth-order valence-corrected chi connectivity index (χ4v) is 2.37. The first-order valence-electron chi connectivity index (χ1n) is 5.47. The Kier molecular flexibility index (Phi) is 3.51. The number of nitrogens with zero attached hydrogens (tertiary/aromatic N) is 3. The minimum atomic E-state index is 0.950. The van der Waals surface area contributed by atoms with Gasteiger partial charge in [-0.2, -0.15) is 0 Å². The van der Waals surface area contributed by atoms with Gasteiger partial charge in [0.15, 0.2) is 0 Å². The number of pyridine rings is 1. The maximum atomic E-state index is 4.60. The zero-order valence-electron chi connectivity index (χ0n) is 9.55. The summed E-state index contributed by atoms with van der Waals surface area (Å²) >= 11 is 1.65. The van der Waals surface area contributed by atoms with E-state index in [1.807, 2.05) is 18.2 Å². The number of hydrogen-bond donors (Lipinski definition) is 0. The van der Waals surface area contributed by atoms with Gasteiger partial charge < -0.3 is 4.90 Å². The van der Waals surface area contributed by atoms with E-state index >= 15 is 0 Å². The predicted octanol–water partition coefficient (Wildman–Crippen LogP) is 3.05. The zero-order chi connectivity index (χ0) is 11.4. The Morgan fingerprint density at radius 2 is 2.06 bits per heavy atom. The molecule has 0 radical (unpaired) electrons. The van der Waals surface area contributed by atoms with Crippen LogP contribution in [0.3, 0.4) is 0 Å². The third-order valence-electron chi connectivity index (χ3n) is 2.46. The molecule has 2 aromatic rings. The van der Waals surface area contributed by atoms with Crippen LogP contribution in [0.4, 0.5) is 5.82 Å². The summed E-state index contributed by atoms with van der Waals surface area (Å²) in [5, 5.41) is 3.08. The second kappa shape index (κ2) is 5.07. The predicted molar refractivity (Wildman–Crippen MR) is 68.9 cm³/mol. The number of rotatable bonds is 4. The van der Waals surface area contributed by atoms with Crippen LogP contribution < -0.4 is 4.90 Å². The van der Waals surface area contributed by atoms with Crippen molar-refractivity contribution in [2.75, 3.05) is 18.0 Å². The van der Waals surface area contributed by atoms with Gasteiger partial charge in [0.05, 0.1) is 5.69 Å². The number of anilines is 1. The van der Waals surface area contributed by atoms with Crippen molar-refractivity contribution in [1.82, 2.24) is 9.97 Å². The molecule has 84 valence electrons. The van der Waals surface area contributed by atoms with E-state index in [1.54, 1.807) is 17.5 Å². The number of aromatic nitrogens is 2. The molecule has 0 saturated carbocycles. The van der Waals surface area contributed by atoms with E-state index in [2.05, 4.69) is 34.1 Å². The van der Waals surface area contributed by atoms with Gasteiger partial charge in [0.2, 0.25) is 0 Å². The summed E-state index contributed by atoms with van der Waals surface area (Å²) in [5.74, 6) is 1.05. The Balaban J connectivity index is 2.26. The van der Waals surface area contributed by atoms with E-state index in [0.717, 1.165) is 29.6 Å². The van der Waals surface area contributed by atoms with E-state index in [4.69, 9.17) is 0 Å². The molecule has 0 spiro atoms. The molecule has 2 heterocycles. The van der Waals surface area contributed by atoms with Gasteiger partial charge in [-0.15, -0.1) is 11.3 Å². The highest BCUT2D eigenvalue weighted by molar-refractivity contribution is 7.13. The number of thiazole rings is 1. The lowest BCUT2D eigenvalue weighted by Crippen LogP contribution is -2.21. The van der Waals surface area contributed by atoms with Crippen LogP contribution in [-0.4, -0.2) is 23.1 Å². The average Bonchev–Trinajstić information content (AvgIpc) is 2.81. The summed E-state index contributed by atoms with van der Waals surface area (Å²) in [5.41, 5.74) is 0.950. The Morgan fingerprint density at radius 3 is 2.69 bits per heavy atom. The highest BCUT2D eigenvalue weighted by Crippen LogP contribution is 2.25. The average molecular weight is 233 g/mol. The second-order valence-corrected chi connectivity index (χ2v) is 4.26. The Labute approximate surface area is 99.8 Å². The topological polar surface area (TPSA) is 29.0 Å². The van der Waals surface area contributed by atoms with Crippen LogP contribution in [0.5, 0.6) is 0 Å². The lowest BCUT2D eigenvalue weighted by molar-refractivity contribution is 0.851. The smallest absolute Gasteiger partial charge is 0.144 e. The standard InChI is InChI=1S/C12H15N3S/c1-3-15(4-2)11-9-16-12(14-11)10-7-5-6-8-13-10/h5-9H,3-4H2,1-2H3. The van der Waals surface area contributed by atoms with Gasteiger partial charge in [0.1, 0.15) is 10.8 Å². The quantitative estimate of drug-likeness (QED) is 0.812. The third-order valence-corrected chi connectivity index (χ3v) is 3.32. The van der Waals surface area contributed by atoms with Gasteiger partial charge in [-0.05, 0) is 26.0 Å². The monoisotopic (exact) mass is 233 g/mol. The first kappa shape index (κ1) is 11.1.